The van der Waals surface area contributed by atoms with Gasteiger partial charge >= 0.3 is 0 Å². The molecule has 0 radical (unpaired) electrons. The zero-order valence-electron chi connectivity index (χ0n) is 12.1. The van der Waals surface area contributed by atoms with E-state index in [4.69, 9.17) is 10.5 Å². The molecule has 0 fully saturated rings. The SMILES string of the molecule is CN(C)c1cccc(Oc2ccc3cnccc3c2N)c1. The molecule has 0 bridgehead atoms. The summed E-state index contributed by atoms with van der Waals surface area (Å²) in [6, 6.07) is 13.6. The van der Waals surface area contributed by atoms with Gasteiger partial charge in [-0.05, 0) is 30.3 Å². The lowest BCUT2D eigenvalue weighted by atomic mass is 10.1. The number of pyridine rings is 1. The molecule has 0 aliphatic carbocycles. The number of fused-ring (bicyclic) bond motifs is 1. The number of nitrogens with zero attached hydrogens (tertiary/aromatic N) is 2. The Balaban J connectivity index is 1.98. The van der Waals surface area contributed by atoms with Crippen LogP contribution in [0.5, 0.6) is 11.5 Å². The van der Waals surface area contributed by atoms with Gasteiger partial charge in [-0.1, -0.05) is 6.07 Å². The molecule has 0 aliphatic rings. The van der Waals surface area contributed by atoms with Crippen LogP contribution in [0.2, 0.25) is 0 Å². The monoisotopic (exact) mass is 279 g/mol. The Kier molecular flexibility index (Phi) is 3.36. The molecule has 4 nitrogen and oxygen atoms in total. The molecule has 0 unspecified atom stereocenters. The van der Waals surface area contributed by atoms with E-state index in [0.717, 1.165) is 22.2 Å². The molecule has 1 heterocycles. The van der Waals surface area contributed by atoms with Gasteiger partial charge in [-0.15, -0.1) is 0 Å². The second-order valence-electron chi connectivity index (χ2n) is 5.07. The van der Waals surface area contributed by atoms with E-state index in [2.05, 4.69) is 4.98 Å². The quantitative estimate of drug-likeness (QED) is 0.743. The molecule has 2 aromatic carbocycles. The molecule has 0 aliphatic heterocycles. The molecule has 0 atom stereocenters. The van der Waals surface area contributed by atoms with Crippen molar-refractivity contribution in [2.75, 3.05) is 24.7 Å². The van der Waals surface area contributed by atoms with Gasteiger partial charge in [0.15, 0.2) is 5.75 Å². The third-order valence-corrected chi connectivity index (χ3v) is 3.38. The van der Waals surface area contributed by atoms with E-state index >= 15 is 0 Å². The molecular formula is C17H17N3O. The summed E-state index contributed by atoms with van der Waals surface area (Å²) in [5, 5.41) is 1.95. The number of benzene rings is 2. The third kappa shape index (κ3) is 2.60. The molecule has 3 aromatic rings. The molecule has 4 heteroatoms. The molecular weight excluding hydrogens is 262 g/mol. The van der Waals surface area contributed by atoms with Crippen molar-refractivity contribution in [3.05, 3.63) is 54.9 Å². The zero-order valence-corrected chi connectivity index (χ0v) is 12.1. The van der Waals surface area contributed by atoms with Crippen LogP contribution in [-0.4, -0.2) is 19.1 Å². The van der Waals surface area contributed by atoms with Crippen molar-refractivity contribution in [1.82, 2.24) is 4.98 Å². The molecule has 0 saturated carbocycles. The molecule has 1 aromatic heterocycles. The van der Waals surface area contributed by atoms with Gasteiger partial charge in [-0.3, -0.25) is 4.98 Å². The number of rotatable bonds is 3. The highest BCUT2D eigenvalue weighted by Crippen LogP contribution is 2.34. The maximum Gasteiger partial charge on any atom is 0.150 e. The minimum absolute atomic E-state index is 0.630. The molecule has 21 heavy (non-hydrogen) atoms. The van der Waals surface area contributed by atoms with Crippen LogP contribution >= 0.6 is 0 Å². The number of nitrogens with two attached hydrogens (primary N) is 1. The van der Waals surface area contributed by atoms with Crippen molar-refractivity contribution in [2.24, 2.45) is 0 Å². The number of anilines is 2. The first kappa shape index (κ1) is 13.2. The average Bonchev–Trinajstić information content (AvgIpc) is 2.51. The Morgan fingerprint density at radius 1 is 1.10 bits per heavy atom. The molecule has 0 amide bonds. The molecule has 106 valence electrons. The molecule has 3 rings (SSSR count). The summed E-state index contributed by atoms with van der Waals surface area (Å²) in [6.45, 7) is 0. The molecule has 0 spiro atoms. The highest BCUT2D eigenvalue weighted by molar-refractivity contribution is 5.95. The van der Waals surface area contributed by atoms with Crippen LogP contribution in [0.25, 0.3) is 10.8 Å². The topological polar surface area (TPSA) is 51.4 Å². The minimum Gasteiger partial charge on any atom is -0.455 e. The Bertz CT molecular complexity index is 784. The largest absolute Gasteiger partial charge is 0.455 e. The van der Waals surface area contributed by atoms with Gasteiger partial charge in [-0.25, -0.2) is 0 Å². The molecule has 2 N–H and O–H groups in total. The Labute approximate surface area is 123 Å². The summed E-state index contributed by atoms with van der Waals surface area (Å²) in [5.74, 6) is 1.42. The van der Waals surface area contributed by atoms with Gasteiger partial charge < -0.3 is 15.4 Å². The minimum atomic E-state index is 0.630. The second-order valence-corrected chi connectivity index (χ2v) is 5.07. The van der Waals surface area contributed by atoms with Crippen LogP contribution in [0.4, 0.5) is 11.4 Å². The number of nitrogen functional groups attached to an aromatic ring is 1. The maximum atomic E-state index is 6.20. The zero-order chi connectivity index (χ0) is 14.8. The lowest BCUT2D eigenvalue weighted by molar-refractivity contribution is 0.486. The van der Waals surface area contributed by atoms with Gasteiger partial charge in [0.05, 0.1) is 5.69 Å². The first-order valence-electron chi connectivity index (χ1n) is 6.72. The second kappa shape index (κ2) is 5.32. The van der Waals surface area contributed by atoms with Crippen molar-refractivity contribution in [3.63, 3.8) is 0 Å². The summed E-state index contributed by atoms with van der Waals surface area (Å²) in [5.41, 5.74) is 7.91. The number of ether oxygens (including phenoxy) is 1. The number of hydrogen-bond acceptors (Lipinski definition) is 4. The maximum absolute atomic E-state index is 6.20. The standard InChI is InChI=1S/C17H17N3O/c1-20(2)13-4-3-5-14(10-13)21-16-7-6-12-11-19-9-8-15(12)17(16)18/h3-11H,18H2,1-2H3. The summed E-state index contributed by atoms with van der Waals surface area (Å²) >= 11 is 0. The summed E-state index contributed by atoms with van der Waals surface area (Å²) in [4.78, 5) is 6.13. The molecule has 0 saturated heterocycles. The first-order chi connectivity index (χ1) is 10.1. The van der Waals surface area contributed by atoms with E-state index in [9.17, 15) is 0 Å². The van der Waals surface area contributed by atoms with Crippen LogP contribution in [0.1, 0.15) is 0 Å². The lowest BCUT2D eigenvalue weighted by Gasteiger charge is -2.15. The Hall–Kier alpha value is -2.75. The highest BCUT2D eigenvalue weighted by Gasteiger charge is 2.07. The van der Waals surface area contributed by atoms with Gasteiger partial charge in [0.25, 0.3) is 0 Å². The van der Waals surface area contributed by atoms with E-state index in [1.807, 2.05) is 61.5 Å². The fourth-order valence-electron chi connectivity index (χ4n) is 2.21. The van der Waals surface area contributed by atoms with Crippen LogP contribution in [0, 0.1) is 0 Å². The van der Waals surface area contributed by atoms with E-state index in [-0.39, 0.29) is 0 Å². The predicted octanol–water partition coefficient (Wildman–Crippen LogP) is 3.68. The smallest absolute Gasteiger partial charge is 0.150 e. The fourth-order valence-corrected chi connectivity index (χ4v) is 2.21. The lowest BCUT2D eigenvalue weighted by Crippen LogP contribution is -2.08. The van der Waals surface area contributed by atoms with Gasteiger partial charge in [0, 0.05) is 49.0 Å². The summed E-state index contributed by atoms with van der Waals surface area (Å²) in [6.07, 6.45) is 3.53. The Morgan fingerprint density at radius 2 is 1.95 bits per heavy atom. The van der Waals surface area contributed by atoms with Crippen molar-refractivity contribution in [2.45, 2.75) is 0 Å². The summed E-state index contributed by atoms with van der Waals surface area (Å²) in [7, 11) is 3.99. The number of aromatic nitrogens is 1. The van der Waals surface area contributed by atoms with Crippen LogP contribution < -0.4 is 15.4 Å². The normalized spacial score (nSPS) is 10.6. The highest BCUT2D eigenvalue weighted by atomic mass is 16.5. The average molecular weight is 279 g/mol. The Morgan fingerprint density at radius 3 is 2.76 bits per heavy atom. The fraction of sp³-hybridized carbons (Fsp3) is 0.118. The van der Waals surface area contributed by atoms with Gasteiger partial charge in [0.2, 0.25) is 0 Å². The third-order valence-electron chi connectivity index (χ3n) is 3.38. The van der Waals surface area contributed by atoms with Crippen LogP contribution in [0.3, 0.4) is 0 Å². The first-order valence-corrected chi connectivity index (χ1v) is 6.72. The van der Waals surface area contributed by atoms with Crippen molar-refractivity contribution in [1.29, 1.82) is 0 Å². The predicted molar refractivity (Wildman–Crippen MR) is 87.0 cm³/mol. The van der Waals surface area contributed by atoms with Gasteiger partial charge in [-0.2, -0.15) is 0 Å². The van der Waals surface area contributed by atoms with Gasteiger partial charge in [0.1, 0.15) is 5.75 Å². The van der Waals surface area contributed by atoms with E-state index in [1.165, 1.54) is 0 Å². The van der Waals surface area contributed by atoms with E-state index in [1.54, 1.807) is 12.4 Å². The summed E-state index contributed by atoms with van der Waals surface area (Å²) < 4.78 is 5.94. The number of hydrogen-bond donors (Lipinski definition) is 1. The van der Waals surface area contributed by atoms with Crippen molar-refractivity contribution in [3.8, 4) is 11.5 Å². The van der Waals surface area contributed by atoms with Crippen LogP contribution in [-0.2, 0) is 0 Å². The van der Waals surface area contributed by atoms with E-state index < -0.39 is 0 Å². The van der Waals surface area contributed by atoms with Crippen molar-refractivity contribution >= 4 is 22.1 Å². The van der Waals surface area contributed by atoms with E-state index in [0.29, 0.717) is 11.4 Å². The van der Waals surface area contributed by atoms with Crippen LogP contribution in [0.15, 0.2) is 54.9 Å². The van der Waals surface area contributed by atoms with Crippen molar-refractivity contribution < 1.29 is 4.74 Å².